The van der Waals surface area contributed by atoms with E-state index in [9.17, 15) is 4.79 Å². The van der Waals surface area contributed by atoms with Crippen LogP contribution in [0.2, 0.25) is 0 Å². The van der Waals surface area contributed by atoms with Crippen LogP contribution in [0.3, 0.4) is 0 Å². The van der Waals surface area contributed by atoms with E-state index in [1.807, 2.05) is 24.3 Å². The lowest BCUT2D eigenvalue weighted by Crippen LogP contribution is -2.22. The molecule has 1 aromatic rings. The summed E-state index contributed by atoms with van der Waals surface area (Å²) >= 11 is 0. The van der Waals surface area contributed by atoms with Crippen LogP contribution in [-0.2, 0) is 0 Å². The summed E-state index contributed by atoms with van der Waals surface area (Å²) in [4.78, 5) is 14.9. The predicted molar refractivity (Wildman–Crippen MR) is 69.9 cm³/mol. The molecular weight excluding hydrogens is 230 g/mol. The Labute approximate surface area is 104 Å². The van der Waals surface area contributed by atoms with Crippen molar-refractivity contribution in [3.8, 4) is 0 Å². The van der Waals surface area contributed by atoms with E-state index in [0.29, 0.717) is 5.69 Å². The van der Waals surface area contributed by atoms with Gasteiger partial charge < -0.3 is 16.6 Å². The minimum absolute atomic E-state index is 0.0749. The van der Waals surface area contributed by atoms with E-state index in [2.05, 4.69) is 4.99 Å². The molecule has 0 spiro atoms. The number of rotatable bonds is 3. The predicted octanol–water partition coefficient (Wildman–Crippen LogP) is 1.50. The van der Waals surface area contributed by atoms with Gasteiger partial charge in [0.15, 0.2) is 5.96 Å². The van der Waals surface area contributed by atoms with Crippen LogP contribution in [0.5, 0.6) is 0 Å². The van der Waals surface area contributed by atoms with Crippen LogP contribution in [0.1, 0.15) is 21.8 Å². The Balaban J connectivity index is 2.51. The molecule has 0 fully saturated rings. The van der Waals surface area contributed by atoms with Gasteiger partial charge in [-0.3, -0.25) is 0 Å². The van der Waals surface area contributed by atoms with Crippen molar-refractivity contribution in [3.63, 3.8) is 0 Å². The number of benzene rings is 1. The number of allylic oxidation sites excluding steroid dienone is 4. The van der Waals surface area contributed by atoms with Crippen LogP contribution in [-0.4, -0.2) is 17.0 Å². The number of hydrogen-bond donors (Lipinski definition) is 3. The quantitative estimate of drug-likeness (QED) is 0.553. The fourth-order valence-electron chi connectivity index (χ4n) is 1.83. The molecule has 5 nitrogen and oxygen atoms in total. The maximum Gasteiger partial charge on any atom is 0.335 e. The number of guanidine groups is 1. The van der Waals surface area contributed by atoms with Crippen molar-refractivity contribution in [1.29, 1.82) is 0 Å². The van der Waals surface area contributed by atoms with Crippen LogP contribution in [0.4, 0.5) is 5.69 Å². The van der Waals surface area contributed by atoms with Gasteiger partial charge in [-0.25, -0.2) is 9.79 Å². The monoisotopic (exact) mass is 243 g/mol. The van der Waals surface area contributed by atoms with Crippen molar-refractivity contribution in [1.82, 2.24) is 0 Å². The first-order chi connectivity index (χ1) is 8.58. The molecule has 5 heteroatoms. The number of aliphatic imine (C=N–C) groups is 1. The molecule has 0 atom stereocenters. The molecule has 1 aliphatic carbocycles. The van der Waals surface area contributed by atoms with E-state index < -0.39 is 5.97 Å². The topological polar surface area (TPSA) is 102 Å². The maximum absolute atomic E-state index is 10.9. The van der Waals surface area contributed by atoms with Crippen LogP contribution in [0, 0.1) is 0 Å². The van der Waals surface area contributed by atoms with Crippen molar-refractivity contribution >= 4 is 17.6 Å². The number of carboxylic acid groups (broad SMARTS) is 1. The van der Waals surface area contributed by atoms with E-state index in [4.69, 9.17) is 16.6 Å². The summed E-state index contributed by atoms with van der Waals surface area (Å²) in [5, 5.41) is 8.96. The van der Waals surface area contributed by atoms with Gasteiger partial charge >= 0.3 is 5.97 Å². The van der Waals surface area contributed by atoms with Gasteiger partial charge in [0, 0.05) is 5.92 Å². The number of nitrogens with two attached hydrogens (primary N) is 2. The Morgan fingerprint density at radius 2 is 1.89 bits per heavy atom. The molecule has 92 valence electrons. The van der Waals surface area contributed by atoms with E-state index >= 15 is 0 Å². The van der Waals surface area contributed by atoms with Crippen molar-refractivity contribution in [2.24, 2.45) is 16.5 Å². The highest BCUT2D eigenvalue weighted by atomic mass is 16.4. The first-order valence-electron chi connectivity index (χ1n) is 5.40. The molecular formula is C13H13N3O2. The summed E-state index contributed by atoms with van der Waals surface area (Å²) in [6.45, 7) is 0. The lowest BCUT2D eigenvalue weighted by molar-refractivity contribution is 0.0697. The molecule has 0 bridgehead atoms. The van der Waals surface area contributed by atoms with Crippen LogP contribution >= 0.6 is 0 Å². The average Bonchev–Trinajstić information content (AvgIpc) is 2.81. The molecule has 0 unspecified atom stereocenters. The summed E-state index contributed by atoms with van der Waals surface area (Å²) in [5.41, 5.74) is 12.2. The molecule has 0 radical (unpaired) electrons. The fourth-order valence-corrected chi connectivity index (χ4v) is 1.83. The third-order valence-electron chi connectivity index (χ3n) is 2.63. The average molecular weight is 243 g/mol. The Morgan fingerprint density at radius 3 is 2.44 bits per heavy atom. The molecule has 1 aliphatic rings. The van der Waals surface area contributed by atoms with Crippen LogP contribution in [0.25, 0.3) is 0 Å². The molecule has 0 saturated carbocycles. The van der Waals surface area contributed by atoms with E-state index in [-0.39, 0.29) is 17.4 Å². The van der Waals surface area contributed by atoms with Crippen LogP contribution < -0.4 is 11.5 Å². The minimum atomic E-state index is -1.01. The highest BCUT2D eigenvalue weighted by Gasteiger charge is 2.14. The summed E-state index contributed by atoms with van der Waals surface area (Å²) in [6, 6.07) is 4.75. The van der Waals surface area contributed by atoms with Gasteiger partial charge in [0.05, 0.1) is 11.3 Å². The molecule has 2 rings (SSSR count). The molecule has 0 heterocycles. The third-order valence-corrected chi connectivity index (χ3v) is 2.63. The van der Waals surface area contributed by atoms with E-state index in [0.717, 1.165) is 5.56 Å². The Hall–Kier alpha value is -2.56. The normalized spacial score (nSPS) is 13.8. The van der Waals surface area contributed by atoms with Crippen molar-refractivity contribution in [3.05, 3.63) is 53.6 Å². The molecule has 0 aliphatic heterocycles. The highest BCUT2D eigenvalue weighted by Crippen LogP contribution is 2.32. The summed E-state index contributed by atoms with van der Waals surface area (Å²) in [5.74, 6) is -1.03. The third kappa shape index (κ3) is 2.40. The fraction of sp³-hybridized carbons (Fsp3) is 0.0769. The second-order valence-electron chi connectivity index (χ2n) is 3.91. The Bertz CT molecular complexity index is 558. The molecule has 1 aromatic carbocycles. The summed E-state index contributed by atoms with van der Waals surface area (Å²) in [7, 11) is 0. The van der Waals surface area contributed by atoms with Gasteiger partial charge in [-0.05, 0) is 17.7 Å². The molecule has 0 aromatic heterocycles. The van der Waals surface area contributed by atoms with Crippen LogP contribution in [0.15, 0.2) is 47.5 Å². The van der Waals surface area contributed by atoms with Gasteiger partial charge in [0.2, 0.25) is 0 Å². The second kappa shape index (κ2) is 4.75. The molecule has 0 saturated heterocycles. The highest BCUT2D eigenvalue weighted by molar-refractivity contribution is 5.90. The number of hydrogen-bond acceptors (Lipinski definition) is 2. The second-order valence-corrected chi connectivity index (χ2v) is 3.91. The summed E-state index contributed by atoms with van der Waals surface area (Å²) < 4.78 is 0. The van der Waals surface area contributed by atoms with E-state index in [1.54, 1.807) is 12.1 Å². The first-order valence-corrected chi connectivity index (χ1v) is 5.40. The summed E-state index contributed by atoms with van der Waals surface area (Å²) in [6.07, 6.45) is 7.83. The number of aromatic carboxylic acids is 1. The zero-order chi connectivity index (χ0) is 13.1. The van der Waals surface area contributed by atoms with Gasteiger partial charge in [-0.2, -0.15) is 0 Å². The molecule has 5 N–H and O–H groups in total. The first kappa shape index (κ1) is 11.9. The zero-order valence-corrected chi connectivity index (χ0v) is 9.58. The largest absolute Gasteiger partial charge is 0.478 e. The lowest BCUT2D eigenvalue weighted by atomic mass is 9.97. The molecule has 18 heavy (non-hydrogen) atoms. The van der Waals surface area contributed by atoms with E-state index in [1.165, 1.54) is 6.07 Å². The van der Waals surface area contributed by atoms with Gasteiger partial charge in [-0.15, -0.1) is 0 Å². The maximum atomic E-state index is 10.9. The Morgan fingerprint density at radius 1 is 1.22 bits per heavy atom. The SMILES string of the molecule is NC(N)=Nc1cc(C(=O)O)ccc1C1C=CC=C1. The minimum Gasteiger partial charge on any atom is -0.478 e. The van der Waals surface area contributed by atoms with Crippen molar-refractivity contribution < 1.29 is 9.90 Å². The zero-order valence-electron chi connectivity index (χ0n) is 9.58. The number of carbonyl (C=O) groups is 1. The molecule has 0 amide bonds. The lowest BCUT2D eigenvalue weighted by Gasteiger charge is -2.10. The van der Waals surface area contributed by atoms with Gasteiger partial charge in [0.25, 0.3) is 0 Å². The van der Waals surface area contributed by atoms with Crippen molar-refractivity contribution in [2.75, 3.05) is 0 Å². The Kier molecular flexibility index (Phi) is 3.14. The smallest absolute Gasteiger partial charge is 0.335 e. The number of carboxylic acids is 1. The van der Waals surface area contributed by atoms with Crippen molar-refractivity contribution in [2.45, 2.75) is 5.92 Å². The van der Waals surface area contributed by atoms with Gasteiger partial charge in [0.1, 0.15) is 0 Å². The van der Waals surface area contributed by atoms with Gasteiger partial charge in [-0.1, -0.05) is 30.4 Å². The standard InChI is InChI=1S/C13H13N3O2/c14-13(15)16-11-7-9(12(17)18)5-6-10(11)8-3-1-2-4-8/h1-8H,(H,17,18)(H4,14,15,16). The number of nitrogens with zero attached hydrogens (tertiary/aromatic N) is 1.